The third-order valence-electron chi connectivity index (χ3n) is 5.38. The van der Waals surface area contributed by atoms with Crippen LogP contribution >= 0.6 is 23.8 Å². The first-order valence-corrected chi connectivity index (χ1v) is 10.1. The number of hydrogen-bond acceptors (Lipinski definition) is 3. The third kappa shape index (κ3) is 5.30. The Morgan fingerprint density at radius 3 is 2.68 bits per heavy atom. The lowest BCUT2D eigenvalue weighted by Gasteiger charge is -2.39. The van der Waals surface area contributed by atoms with Gasteiger partial charge in [-0.05, 0) is 57.1 Å². The molecule has 2 aliphatic heterocycles. The van der Waals surface area contributed by atoms with Crippen molar-refractivity contribution >= 4 is 34.6 Å². The molecule has 2 saturated heterocycles. The van der Waals surface area contributed by atoms with Crippen LogP contribution in [0.2, 0.25) is 5.02 Å². The number of piperazine rings is 1. The Balaban J connectivity index is 1.55. The van der Waals surface area contributed by atoms with E-state index in [1.165, 1.54) is 58.4 Å². The van der Waals surface area contributed by atoms with Gasteiger partial charge in [0.05, 0.1) is 10.7 Å². The fourth-order valence-electron chi connectivity index (χ4n) is 3.72. The van der Waals surface area contributed by atoms with Crippen molar-refractivity contribution in [2.75, 3.05) is 51.6 Å². The van der Waals surface area contributed by atoms with Crippen molar-refractivity contribution in [2.24, 2.45) is 0 Å². The van der Waals surface area contributed by atoms with Crippen molar-refractivity contribution in [3.8, 4) is 0 Å². The summed E-state index contributed by atoms with van der Waals surface area (Å²) in [5.74, 6) is 0. The lowest BCUT2D eigenvalue weighted by Crippen LogP contribution is -2.49. The molecule has 0 aliphatic carbocycles. The molecule has 0 amide bonds. The molecule has 6 heteroatoms. The SMILES string of the molecule is CN1CCN(CCC2CCCCN2C(=S)Nc2ccccc2Cl)CC1. The predicted molar refractivity (Wildman–Crippen MR) is 111 cm³/mol. The molecule has 0 radical (unpaired) electrons. The largest absolute Gasteiger partial charge is 0.346 e. The van der Waals surface area contributed by atoms with Gasteiger partial charge in [0, 0.05) is 45.3 Å². The molecule has 4 nitrogen and oxygen atoms in total. The maximum atomic E-state index is 6.27. The van der Waals surface area contributed by atoms with Crippen LogP contribution in [0.15, 0.2) is 24.3 Å². The molecule has 25 heavy (non-hydrogen) atoms. The summed E-state index contributed by atoms with van der Waals surface area (Å²) in [5, 5.41) is 4.89. The number of nitrogens with one attached hydrogen (secondary N) is 1. The Morgan fingerprint density at radius 1 is 1.16 bits per heavy atom. The zero-order chi connectivity index (χ0) is 17.6. The minimum atomic E-state index is 0.538. The molecule has 2 heterocycles. The summed E-state index contributed by atoms with van der Waals surface area (Å²) in [4.78, 5) is 7.39. The minimum absolute atomic E-state index is 0.538. The van der Waals surface area contributed by atoms with Gasteiger partial charge in [-0.15, -0.1) is 0 Å². The second kappa shape index (κ2) is 9.17. The van der Waals surface area contributed by atoms with E-state index in [9.17, 15) is 0 Å². The zero-order valence-corrected chi connectivity index (χ0v) is 16.7. The molecule has 1 unspecified atom stereocenters. The normalized spacial score (nSPS) is 22.8. The number of halogens is 1. The van der Waals surface area contributed by atoms with Gasteiger partial charge >= 0.3 is 0 Å². The van der Waals surface area contributed by atoms with Crippen molar-refractivity contribution in [2.45, 2.75) is 31.7 Å². The van der Waals surface area contributed by atoms with Crippen molar-refractivity contribution in [1.82, 2.24) is 14.7 Å². The first kappa shape index (κ1) is 18.9. The molecule has 0 saturated carbocycles. The van der Waals surface area contributed by atoms with Gasteiger partial charge in [-0.2, -0.15) is 0 Å². The number of likely N-dealkylation sites (tertiary alicyclic amines) is 1. The number of para-hydroxylation sites is 1. The Kier molecular flexibility index (Phi) is 6.93. The molecule has 2 fully saturated rings. The third-order valence-corrected chi connectivity index (χ3v) is 6.04. The molecule has 1 atom stereocenters. The van der Waals surface area contributed by atoms with Crippen LogP contribution in [0.4, 0.5) is 5.69 Å². The predicted octanol–water partition coefficient (Wildman–Crippen LogP) is 3.53. The monoisotopic (exact) mass is 380 g/mol. The van der Waals surface area contributed by atoms with Crippen molar-refractivity contribution in [1.29, 1.82) is 0 Å². The van der Waals surface area contributed by atoms with E-state index in [2.05, 4.69) is 27.1 Å². The highest BCUT2D eigenvalue weighted by atomic mass is 35.5. The van der Waals surface area contributed by atoms with Gasteiger partial charge in [-0.3, -0.25) is 0 Å². The minimum Gasteiger partial charge on any atom is -0.346 e. The van der Waals surface area contributed by atoms with Gasteiger partial charge < -0.3 is 20.0 Å². The van der Waals surface area contributed by atoms with Crippen LogP contribution in [0.1, 0.15) is 25.7 Å². The molecule has 1 aromatic rings. The first-order valence-electron chi connectivity index (χ1n) is 9.36. The van der Waals surface area contributed by atoms with E-state index < -0.39 is 0 Å². The van der Waals surface area contributed by atoms with E-state index in [4.69, 9.17) is 23.8 Å². The fourth-order valence-corrected chi connectivity index (χ4v) is 4.25. The second-order valence-corrected chi connectivity index (χ2v) is 7.98. The molecule has 0 spiro atoms. The summed E-state index contributed by atoms with van der Waals surface area (Å²) in [5.41, 5.74) is 0.901. The Morgan fingerprint density at radius 2 is 1.92 bits per heavy atom. The van der Waals surface area contributed by atoms with Gasteiger partial charge in [0.2, 0.25) is 0 Å². The quantitative estimate of drug-likeness (QED) is 0.804. The molecule has 1 N–H and O–H groups in total. The summed E-state index contributed by atoms with van der Waals surface area (Å²) in [6.07, 6.45) is 4.94. The Labute approximate surface area is 162 Å². The smallest absolute Gasteiger partial charge is 0.173 e. The standard InChI is InChI=1S/C19H29ClN4S/c1-22-12-14-23(15-13-22)11-9-16-6-4-5-10-24(16)19(25)21-18-8-3-2-7-17(18)20/h2-3,7-8,16H,4-6,9-15H2,1H3,(H,21,25). The number of thiocarbonyl (C=S) groups is 1. The average molecular weight is 381 g/mol. The van der Waals surface area contributed by atoms with E-state index >= 15 is 0 Å². The van der Waals surface area contributed by atoms with E-state index in [0.717, 1.165) is 22.4 Å². The highest BCUT2D eigenvalue weighted by molar-refractivity contribution is 7.80. The van der Waals surface area contributed by atoms with Crippen LogP contribution in [0.25, 0.3) is 0 Å². The van der Waals surface area contributed by atoms with E-state index in [0.29, 0.717) is 6.04 Å². The summed E-state index contributed by atoms with van der Waals surface area (Å²) >= 11 is 12.0. The number of piperidine rings is 1. The lowest BCUT2D eigenvalue weighted by molar-refractivity contribution is 0.135. The molecule has 1 aromatic carbocycles. The number of hydrogen-bond donors (Lipinski definition) is 1. The topological polar surface area (TPSA) is 21.8 Å². The summed E-state index contributed by atoms with van der Waals surface area (Å²) < 4.78 is 0. The highest BCUT2D eigenvalue weighted by Crippen LogP contribution is 2.24. The van der Waals surface area contributed by atoms with Crippen LogP contribution in [0.5, 0.6) is 0 Å². The Bertz CT molecular complexity index is 574. The number of anilines is 1. The Hall–Kier alpha value is -0.880. The number of benzene rings is 1. The van der Waals surface area contributed by atoms with Crippen LogP contribution in [-0.4, -0.2) is 72.2 Å². The van der Waals surface area contributed by atoms with Crippen molar-refractivity contribution in [3.63, 3.8) is 0 Å². The summed E-state index contributed by atoms with van der Waals surface area (Å²) in [6, 6.07) is 8.34. The van der Waals surface area contributed by atoms with E-state index in [1.54, 1.807) is 0 Å². The van der Waals surface area contributed by atoms with Crippen LogP contribution in [0.3, 0.4) is 0 Å². The average Bonchev–Trinajstić information content (AvgIpc) is 2.63. The van der Waals surface area contributed by atoms with Gasteiger partial charge in [0.25, 0.3) is 0 Å². The number of rotatable bonds is 4. The van der Waals surface area contributed by atoms with Crippen LogP contribution in [-0.2, 0) is 0 Å². The van der Waals surface area contributed by atoms with Crippen molar-refractivity contribution in [3.05, 3.63) is 29.3 Å². The number of nitrogens with zero attached hydrogens (tertiary/aromatic N) is 3. The molecule has 138 valence electrons. The maximum Gasteiger partial charge on any atom is 0.173 e. The summed E-state index contributed by atoms with van der Waals surface area (Å²) in [6.45, 7) is 6.95. The highest BCUT2D eigenvalue weighted by Gasteiger charge is 2.25. The zero-order valence-electron chi connectivity index (χ0n) is 15.1. The van der Waals surface area contributed by atoms with Gasteiger partial charge in [0.15, 0.2) is 5.11 Å². The maximum absolute atomic E-state index is 6.27. The molecular formula is C19H29ClN4S. The first-order chi connectivity index (χ1) is 12.1. The lowest BCUT2D eigenvalue weighted by atomic mass is 9.99. The van der Waals surface area contributed by atoms with Gasteiger partial charge in [-0.25, -0.2) is 0 Å². The van der Waals surface area contributed by atoms with E-state index in [1.807, 2.05) is 24.3 Å². The molecule has 2 aliphatic rings. The fraction of sp³-hybridized carbons (Fsp3) is 0.632. The van der Waals surface area contributed by atoms with Gasteiger partial charge in [0.1, 0.15) is 0 Å². The summed E-state index contributed by atoms with van der Waals surface area (Å²) in [7, 11) is 2.21. The molecule has 0 bridgehead atoms. The molecule has 0 aromatic heterocycles. The van der Waals surface area contributed by atoms with Gasteiger partial charge in [-0.1, -0.05) is 23.7 Å². The van der Waals surface area contributed by atoms with Crippen LogP contribution in [0, 0.1) is 0 Å². The molecule has 3 rings (SSSR count). The van der Waals surface area contributed by atoms with E-state index in [-0.39, 0.29) is 0 Å². The second-order valence-electron chi connectivity index (χ2n) is 7.19. The van der Waals surface area contributed by atoms with Crippen molar-refractivity contribution < 1.29 is 0 Å². The number of likely N-dealkylation sites (N-methyl/N-ethyl adjacent to an activating group) is 1. The van der Waals surface area contributed by atoms with Crippen LogP contribution < -0.4 is 5.32 Å². The molecular weight excluding hydrogens is 352 g/mol.